The van der Waals surface area contributed by atoms with Crippen LogP contribution in [0.2, 0.25) is 0 Å². The SMILES string of the molecule is O=P(O)(O)C(CCC(OCCc1ccccc1)c1ccccc1)S(=O)(=O)O. The number of hydrogen-bond acceptors (Lipinski definition) is 4. The van der Waals surface area contributed by atoms with Gasteiger partial charge in [-0.25, -0.2) is 0 Å². The van der Waals surface area contributed by atoms with Crippen LogP contribution in [0, 0.1) is 0 Å². The van der Waals surface area contributed by atoms with Crippen LogP contribution >= 0.6 is 7.60 Å². The molecule has 2 rings (SSSR count). The van der Waals surface area contributed by atoms with Crippen LogP contribution < -0.4 is 0 Å². The molecule has 7 nitrogen and oxygen atoms in total. The van der Waals surface area contributed by atoms with Crippen molar-refractivity contribution in [2.45, 2.75) is 30.4 Å². The molecule has 2 unspecified atom stereocenters. The van der Waals surface area contributed by atoms with Crippen molar-refractivity contribution in [1.29, 1.82) is 0 Å². The Hall–Kier alpha value is -1.54. The molecule has 2 aromatic rings. The Kier molecular flexibility index (Phi) is 7.73. The number of benzene rings is 2. The van der Waals surface area contributed by atoms with Crippen molar-refractivity contribution < 1.29 is 32.1 Å². The lowest BCUT2D eigenvalue weighted by Crippen LogP contribution is -2.22. The molecule has 0 saturated carbocycles. The largest absolute Gasteiger partial charge is 0.373 e. The zero-order valence-corrected chi connectivity index (χ0v) is 16.3. The summed E-state index contributed by atoms with van der Waals surface area (Å²) in [4.78, 5) is 16.3. The average Bonchev–Trinajstić information content (AvgIpc) is 2.60. The molecule has 0 heterocycles. The molecular weight excluding hydrogens is 391 g/mol. The van der Waals surface area contributed by atoms with E-state index in [-0.39, 0.29) is 6.42 Å². The third-order valence-electron chi connectivity index (χ3n) is 4.12. The van der Waals surface area contributed by atoms with E-state index >= 15 is 0 Å². The van der Waals surface area contributed by atoms with Crippen molar-refractivity contribution in [3.63, 3.8) is 0 Å². The van der Waals surface area contributed by atoms with Crippen LogP contribution in [0.5, 0.6) is 0 Å². The Morgan fingerprint density at radius 3 is 2.00 bits per heavy atom. The van der Waals surface area contributed by atoms with E-state index in [0.29, 0.717) is 13.0 Å². The van der Waals surface area contributed by atoms with Crippen LogP contribution in [0.15, 0.2) is 60.7 Å². The highest BCUT2D eigenvalue weighted by molar-refractivity contribution is 7.93. The molecule has 0 fully saturated rings. The molecule has 0 aromatic heterocycles. The zero-order valence-electron chi connectivity index (χ0n) is 14.6. The van der Waals surface area contributed by atoms with Gasteiger partial charge >= 0.3 is 7.60 Å². The first-order valence-corrected chi connectivity index (χ1v) is 11.6. The maximum absolute atomic E-state index is 11.4. The average molecular weight is 414 g/mol. The van der Waals surface area contributed by atoms with Gasteiger partial charge in [-0.05, 0) is 30.4 Å². The molecule has 3 N–H and O–H groups in total. The second-order valence-corrected chi connectivity index (χ2v) is 9.89. The predicted octanol–water partition coefficient (Wildman–Crippen LogP) is 3.16. The molecule has 0 aliphatic heterocycles. The number of rotatable bonds is 10. The quantitative estimate of drug-likeness (QED) is 0.403. The highest BCUT2D eigenvalue weighted by atomic mass is 32.2. The van der Waals surface area contributed by atoms with Gasteiger partial charge in [0, 0.05) is 0 Å². The highest BCUT2D eigenvalue weighted by Crippen LogP contribution is 2.47. The van der Waals surface area contributed by atoms with Crippen molar-refractivity contribution in [2.75, 3.05) is 6.61 Å². The van der Waals surface area contributed by atoms with Gasteiger partial charge in [0.05, 0.1) is 12.7 Å². The van der Waals surface area contributed by atoms with E-state index in [1.807, 2.05) is 36.4 Å². The van der Waals surface area contributed by atoms with Crippen LogP contribution in [0.1, 0.15) is 30.1 Å². The van der Waals surface area contributed by atoms with Crippen LogP contribution in [0.3, 0.4) is 0 Å². The van der Waals surface area contributed by atoms with E-state index in [9.17, 15) is 22.8 Å². The summed E-state index contributed by atoms with van der Waals surface area (Å²) in [6.45, 7) is 0.357. The van der Waals surface area contributed by atoms with Gasteiger partial charge in [-0.2, -0.15) is 8.42 Å². The summed E-state index contributed by atoms with van der Waals surface area (Å²) < 4.78 is 49.2. The van der Waals surface area contributed by atoms with E-state index in [4.69, 9.17) is 9.29 Å². The van der Waals surface area contributed by atoms with Gasteiger partial charge in [-0.1, -0.05) is 60.7 Å². The molecule has 9 heteroatoms. The summed E-state index contributed by atoms with van der Waals surface area (Å²) >= 11 is 0. The molecule has 2 atom stereocenters. The Morgan fingerprint density at radius 2 is 1.48 bits per heavy atom. The minimum Gasteiger partial charge on any atom is -0.373 e. The summed E-state index contributed by atoms with van der Waals surface area (Å²) in [6.07, 6.45) is -0.294. The van der Waals surface area contributed by atoms with Crippen LogP contribution in [0.25, 0.3) is 0 Å². The van der Waals surface area contributed by atoms with Crippen LogP contribution in [-0.4, -0.2) is 34.4 Å². The molecule has 0 saturated heterocycles. The maximum Gasteiger partial charge on any atom is 0.346 e. The summed E-state index contributed by atoms with van der Waals surface area (Å²) in [5.41, 5.74) is 1.85. The Labute approximate surface area is 158 Å². The highest BCUT2D eigenvalue weighted by Gasteiger charge is 2.39. The van der Waals surface area contributed by atoms with E-state index in [0.717, 1.165) is 11.1 Å². The van der Waals surface area contributed by atoms with E-state index < -0.39 is 35.2 Å². The lowest BCUT2D eigenvalue weighted by molar-refractivity contribution is 0.0476. The van der Waals surface area contributed by atoms with E-state index in [2.05, 4.69) is 0 Å². The molecule has 0 aliphatic carbocycles. The lowest BCUT2D eigenvalue weighted by atomic mass is 10.1. The smallest absolute Gasteiger partial charge is 0.346 e. The van der Waals surface area contributed by atoms with Crippen molar-refractivity contribution in [2.24, 2.45) is 0 Å². The molecule has 27 heavy (non-hydrogen) atoms. The summed E-state index contributed by atoms with van der Waals surface area (Å²) in [7, 11) is -9.90. The topological polar surface area (TPSA) is 121 Å². The fourth-order valence-corrected chi connectivity index (χ4v) is 5.07. The molecule has 0 bridgehead atoms. The minimum atomic E-state index is -5.01. The fourth-order valence-electron chi connectivity index (χ4n) is 2.76. The molecule has 0 spiro atoms. The first-order valence-electron chi connectivity index (χ1n) is 8.40. The second-order valence-electron chi connectivity index (χ2n) is 6.14. The van der Waals surface area contributed by atoms with Gasteiger partial charge in [0.1, 0.15) is 0 Å². The van der Waals surface area contributed by atoms with E-state index in [1.165, 1.54) is 0 Å². The van der Waals surface area contributed by atoms with Crippen molar-refractivity contribution in [1.82, 2.24) is 0 Å². The Bertz CT molecular complexity index is 850. The minimum absolute atomic E-state index is 0.0361. The standard InChI is InChI=1S/C18H23O7PS/c19-26(20,21)18(27(22,23)24)12-11-17(16-9-5-2-6-10-16)25-14-13-15-7-3-1-4-8-15/h1-10,17-18H,11-14H2,(H2,19,20,21)(H,22,23,24). The lowest BCUT2D eigenvalue weighted by Gasteiger charge is -2.21. The summed E-state index contributed by atoms with van der Waals surface area (Å²) in [6, 6.07) is 18.7. The first kappa shape index (κ1) is 21.8. The van der Waals surface area contributed by atoms with Gasteiger partial charge in [-0.15, -0.1) is 0 Å². The molecule has 0 amide bonds. The van der Waals surface area contributed by atoms with Crippen LogP contribution in [0.4, 0.5) is 0 Å². The molecule has 148 valence electrons. The summed E-state index contributed by atoms with van der Waals surface area (Å²) in [5.74, 6) is 0. The van der Waals surface area contributed by atoms with Crippen molar-refractivity contribution in [3.05, 3.63) is 71.8 Å². The maximum atomic E-state index is 11.4. The monoisotopic (exact) mass is 414 g/mol. The third-order valence-corrected chi connectivity index (χ3v) is 7.67. The first-order chi connectivity index (χ1) is 12.7. The molecule has 2 aromatic carbocycles. The van der Waals surface area contributed by atoms with Gasteiger partial charge in [0.2, 0.25) is 0 Å². The number of ether oxygens (including phenoxy) is 1. The van der Waals surface area contributed by atoms with Gasteiger partial charge in [-0.3, -0.25) is 9.12 Å². The zero-order chi connectivity index (χ0) is 19.9. The number of hydrogen-bond donors (Lipinski definition) is 3. The third kappa shape index (κ3) is 7.18. The van der Waals surface area contributed by atoms with Gasteiger partial charge < -0.3 is 14.5 Å². The van der Waals surface area contributed by atoms with Gasteiger partial charge in [0.15, 0.2) is 4.99 Å². The molecular formula is C18H23O7PS. The Morgan fingerprint density at radius 1 is 0.926 bits per heavy atom. The second kappa shape index (κ2) is 9.59. The summed E-state index contributed by atoms with van der Waals surface area (Å²) in [5, 5.41) is 0. The molecule has 0 aliphatic rings. The Balaban J connectivity index is 2.07. The normalized spacial score (nSPS) is 14.6. The van der Waals surface area contributed by atoms with E-state index in [1.54, 1.807) is 24.3 Å². The van der Waals surface area contributed by atoms with Gasteiger partial charge in [0.25, 0.3) is 10.1 Å². The fraction of sp³-hybridized carbons (Fsp3) is 0.333. The van der Waals surface area contributed by atoms with Crippen LogP contribution in [-0.2, 0) is 25.8 Å². The van der Waals surface area contributed by atoms with Crippen molar-refractivity contribution >= 4 is 17.7 Å². The molecule has 0 radical (unpaired) electrons. The predicted molar refractivity (Wildman–Crippen MR) is 102 cm³/mol. The van der Waals surface area contributed by atoms with Crippen molar-refractivity contribution in [3.8, 4) is 0 Å².